The highest BCUT2D eigenvalue weighted by Gasteiger charge is 2.18. The Morgan fingerprint density at radius 2 is 0.768 bits per heavy atom. The number of nitrogens with zero attached hydrogens (tertiary/aromatic N) is 4. The molecule has 5 heteroatoms. The van der Waals surface area contributed by atoms with E-state index in [-0.39, 0.29) is 0 Å². The fourth-order valence-corrected chi connectivity index (χ4v) is 7.90. The van der Waals surface area contributed by atoms with Crippen molar-refractivity contribution in [2.75, 3.05) is 0 Å². The molecular weight excluding hydrogens is 685 g/mol. The van der Waals surface area contributed by atoms with E-state index >= 15 is 0 Å². The van der Waals surface area contributed by atoms with Gasteiger partial charge in [-0.05, 0) is 70.8 Å². The van der Waals surface area contributed by atoms with E-state index in [0.29, 0.717) is 17.5 Å². The van der Waals surface area contributed by atoms with Gasteiger partial charge >= 0.3 is 0 Å². The van der Waals surface area contributed by atoms with E-state index < -0.39 is 0 Å². The number of furan rings is 1. The second kappa shape index (κ2) is 13.0. The van der Waals surface area contributed by atoms with Crippen molar-refractivity contribution < 1.29 is 4.42 Å². The highest BCUT2D eigenvalue weighted by atomic mass is 16.3. The number of para-hydroxylation sites is 1. The molecule has 0 aliphatic heterocycles. The largest absolute Gasteiger partial charge is 0.456 e. The lowest BCUT2D eigenvalue weighted by Gasteiger charge is -2.10. The molecular formula is C51H32N4O. The maximum atomic E-state index is 6.44. The standard InChI is InChI=1S/C51H32N4O/c1-4-12-33(13-5-1)35-20-22-37(23-21-35)50-52-49(36-16-8-3-9-17-36)53-51(54-50)39-25-28-47-43(30-39)44-32-40(26-29-48(44)56-47)55-45-19-11-10-18-41(45)42-27-24-38(31-46(42)55)34-14-6-2-7-15-34/h1-32H. The Morgan fingerprint density at radius 1 is 0.304 bits per heavy atom. The number of aromatic nitrogens is 4. The normalized spacial score (nSPS) is 11.6. The molecule has 0 fully saturated rings. The molecule has 0 aliphatic rings. The summed E-state index contributed by atoms with van der Waals surface area (Å²) in [5, 5.41) is 4.46. The number of fused-ring (bicyclic) bond motifs is 6. The number of benzene rings is 8. The average Bonchev–Trinajstić information content (AvgIpc) is 3.81. The zero-order valence-corrected chi connectivity index (χ0v) is 30.2. The Balaban J connectivity index is 1.06. The van der Waals surface area contributed by atoms with Gasteiger partial charge in [-0.2, -0.15) is 0 Å². The van der Waals surface area contributed by atoms with Crippen molar-refractivity contribution in [1.82, 2.24) is 19.5 Å². The van der Waals surface area contributed by atoms with E-state index in [9.17, 15) is 0 Å². The molecule has 0 unspecified atom stereocenters. The van der Waals surface area contributed by atoms with Crippen molar-refractivity contribution in [2.45, 2.75) is 0 Å². The first kappa shape index (κ1) is 31.9. The van der Waals surface area contributed by atoms with Crippen LogP contribution in [-0.2, 0) is 0 Å². The van der Waals surface area contributed by atoms with Crippen molar-refractivity contribution in [3.63, 3.8) is 0 Å². The van der Waals surface area contributed by atoms with E-state index in [4.69, 9.17) is 19.4 Å². The van der Waals surface area contributed by atoms with Crippen LogP contribution in [-0.4, -0.2) is 19.5 Å². The summed E-state index contributed by atoms with van der Waals surface area (Å²) in [5.74, 6) is 1.84. The Morgan fingerprint density at radius 3 is 1.46 bits per heavy atom. The SMILES string of the molecule is c1ccc(-c2ccc(-c3nc(-c4ccccc4)nc(-c4ccc5oc6ccc(-n7c8ccccc8c8ccc(-c9ccccc9)cc87)cc6c5c4)n3)cc2)cc1. The van der Waals surface area contributed by atoms with Crippen LogP contribution in [0.3, 0.4) is 0 Å². The fourth-order valence-electron chi connectivity index (χ4n) is 7.90. The molecule has 11 aromatic rings. The highest BCUT2D eigenvalue weighted by molar-refractivity contribution is 6.11. The summed E-state index contributed by atoms with van der Waals surface area (Å²) in [7, 11) is 0. The summed E-state index contributed by atoms with van der Waals surface area (Å²) in [5.41, 5.74) is 12.4. The lowest BCUT2D eigenvalue weighted by atomic mass is 10.0. The van der Waals surface area contributed by atoms with Crippen LogP contribution in [0.1, 0.15) is 0 Å². The van der Waals surface area contributed by atoms with Crippen LogP contribution >= 0.6 is 0 Å². The van der Waals surface area contributed by atoms with Crippen molar-refractivity contribution in [3.8, 4) is 62.1 Å². The molecule has 0 bridgehead atoms. The Bertz CT molecular complexity index is 3220. The fraction of sp³-hybridized carbons (Fsp3) is 0. The molecule has 3 aromatic heterocycles. The van der Waals surface area contributed by atoms with Crippen molar-refractivity contribution >= 4 is 43.7 Å². The van der Waals surface area contributed by atoms with Gasteiger partial charge in [0.1, 0.15) is 11.2 Å². The lowest BCUT2D eigenvalue weighted by molar-refractivity contribution is 0.669. The smallest absolute Gasteiger partial charge is 0.164 e. The monoisotopic (exact) mass is 716 g/mol. The molecule has 0 atom stereocenters. The Labute approximate surface area is 322 Å². The third-order valence-corrected chi connectivity index (χ3v) is 10.7. The number of rotatable bonds is 6. The molecule has 0 radical (unpaired) electrons. The van der Waals surface area contributed by atoms with E-state index in [0.717, 1.165) is 60.9 Å². The second-order valence-electron chi connectivity index (χ2n) is 14.1. The van der Waals surface area contributed by atoms with Crippen LogP contribution in [0.25, 0.3) is 106 Å². The molecule has 0 aliphatic carbocycles. The summed E-state index contributed by atoms with van der Waals surface area (Å²) < 4.78 is 8.81. The van der Waals surface area contributed by atoms with E-state index in [1.165, 1.54) is 27.5 Å². The van der Waals surface area contributed by atoms with Gasteiger partial charge in [0.25, 0.3) is 0 Å². The van der Waals surface area contributed by atoms with Gasteiger partial charge in [0.05, 0.1) is 11.0 Å². The summed E-state index contributed by atoms with van der Waals surface area (Å²) in [6, 6.07) is 67.5. The van der Waals surface area contributed by atoms with Gasteiger partial charge in [0, 0.05) is 43.9 Å². The second-order valence-corrected chi connectivity index (χ2v) is 14.1. The van der Waals surface area contributed by atoms with E-state index in [1.807, 2.05) is 48.5 Å². The maximum Gasteiger partial charge on any atom is 0.164 e. The highest BCUT2D eigenvalue weighted by Crippen LogP contribution is 2.38. The van der Waals surface area contributed by atoms with Crippen LogP contribution in [0, 0.1) is 0 Å². The third-order valence-electron chi connectivity index (χ3n) is 10.7. The molecule has 56 heavy (non-hydrogen) atoms. The summed E-state index contributed by atoms with van der Waals surface area (Å²) in [6.07, 6.45) is 0. The molecule has 0 saturated heterocycles. The minimum Gasteiger partial charge on any atom is -0.456 e. The van der Waals surface area contributed by atoms with Crippen molar-refractivity contribution in [1.29, 1.82) is 0 Å². The molecule has 8 aromatic carbocycles. The molecule has 0 N–H and O–H groups in total. The quantitative estimate of drug-likeness (QED) is 0.172. The van der Waals surface area contributed by atoms with Crippen molar-refractivity contribution in [2.24, 2.45) is 0 Å². The van der Waals surface area contributed by atoms with Gasteiger partial charge in [0.2, 0.25) is 0 Å². The van der Waals surface area contributed by atoms with Gasteiger partial charge < -0.3 is 8.98 Å². The van der Waals surface area contributed by atoms with Gasteiger partial charge in [0.15, 0.2) is 17.5 Å². The van der Waals surface area contributed by atoms with Crippen LogP contribution in [0.5, 0.6) is 0 Å². The summed E-state index contributed by atoms with van der Waals surface area (Å²) >= 11 is 0. The first-order chi connectivity index (χ1) is 27.7. The van der Waals surface area contributed by atoms with Gasteiger partial charge in [-0.15, -0.1) is 0 Å². The molecule has 0 spiro atoms. The zero-order valence-electron chi connectivity index (χ0n) is 30.2. The van der Waals surface area contributed by atoms with Crippen LogP contribution in [0.15, 0.2) is 199 Å². The van der Waals surface area contributed by atoms with E-state index in [2.05, 4.69) is 150 Å². The maximum absolute atomic E-state index is 6.44. The first-order valence-electron chi connectivity index (χ1n) is 18.8. The number of hydrogen-bond donors (Lipinski definition) is 0. The third kappa shape index (κ3) is 5.45. The van der Waals surface area contributed by atoms with Gasteiger partial charge in [-0.1, -0.05) is 146 Å². The first-order valence-corrected chi connectivity index (χ1v) is 18.8. The van der Waals surface area contributed by atoms with Gasteiger partial charge in [-0.3, -0.25) is 0 Å². The van der Waals surface area contributed by atoms with Crippen LogP contribution in [0.4, 0.5) is 0 Å². The zero-order chi connectivity index (χ0) is 37.0. The van der Waals surface area contributed by atoms with Crippen LogP contribution in [0.2, 0.25) is 0 Å². The Hall–Kier alpha value is -7.63. The molecule has 3 heterocycles. The van der Waals surface area contributed by atoms with Crippen molar-refractivity contribution in [3.05, 3.63) is 194 Å². The minimum atomic E-state index is 0.601. The molecule has 0 amide bonds. The van der Waals surface area contributed by atoms with Crippen LogP contribution < -0.4 is 0 Å². The van der Waals surface area contributed by atoms with E-state index in [1.54, 1.807) is 0 Å². The topological polar surface area (TPSA) is 56.7 Å². The molecule has 11 rings (SSSR count). The summed E-state index contributed by atoms with van der Waals surface area (Å²) in [6.45, 7) is 0. The minimum absolute atomic E-state index is 0.601. The predicted octanol–water partition coefficient (Wildman–Crippen LogP) is 13.2. The molecule has 262 valence electrons. The summed E-state index contributed by atoms with van der Waals surface area (Å²) in [4.78, 5) is 15.1. The molecule has 0 saturated carbocycles. The average molecular weight is 717 g/mol. The Kier molecular flexibility index (Phi) is 7.42. The molecule has 5 nitrogen and oxygen atoms in total. The lowest BCUT2D eigenvalue weighted by Crippen LogP contribution is -2.00. The predicted molar refractivity (Wildman–Crippen MR) is 229 cm³/mol. The number of hydrogen-bond acceptors (Lipinski definition) is 4. The van der Waals surface area contributed by atoms with Gasteiger partial charge in [-0.25, -0.2) is 15.0 Å².